The van der Waals surface area contributed by atoms with E-state index in [9.17, 15) is 19.8 Å². The molecule has 0 radical (unpaired) electrons. The molecule has 0 bridgehead atoms. The highest BCUT2D eigenvalue weighted by Crippen LogP contribution is 2.36. The Labute approximate surface area is 163 Å². The van der Waals surface area contributed by atoms with Gasteiger partial charge >= 0.3 is 0 Å². The molecule has 2 N–H and O–H groups in total. The van der Waals surface area contributed by atoms with Crippen molar-refractivity contribution in [3.63, 3.8) is 0 Å². The fourth-order valence-corrected chi connectivity index (χ4v) is 4.29. The monoisotopic (exact) mass is 374 g/mol. The molecular weight excluding hydrogens is 340 g/mol. The SMILES string of the molecule is CC(C)C(=O)C(O)C1CCCC(CC(C)C(=O)C(O)Cc2ccccc2)C1. The fraction of sp³-hybridized carbons (Fsp3) is 0.652. The van der Waals surface area contributed by atoms with Gasteiger partial charge in [-0.15, -0.1) is 0 Å². The Morgan fingerprint density at radius 2 is 1.70 bits per heavy atom. The Morgan fingerprint density at radius 1 is 1.04 bits per heavy atom. The standard InChI is InChI=1S/C23H34O4/c1-15(2)21(25)23(27)19-11-7-10-18(13-19)12-16(3)22(26)20(24)14-17-8-5-4-6-9-17/h4-6,8-9,15-16,18-20,23-24,27H,7,10-14H2,1-3H3. The van der Waals surface area contributed by atoms with Crippen LogP contribution in [0.1, 0.15) is 58.4 Å². The summed E-state index contributed by atoms with van der Waals surface area (Å²) in [6, 6.07) is 9.56. The molecule has 1 aliphatic carbocycles. The van der Waals surface area contributed by atoms with Crippen LogP contribution in [-0.2, 0) is 16.0 Å². The van der Waals surface area contributed by atoms with Crippen molar-refractivity contribution in [2.45, 2.75) is 71.5 Å². The lowest BCUT2D eigenvalue weighted by molar-refractivity contribution is -0.134. The molecule has 1 aromatic rings. The summed E-state index contributed by atoms with van der Waals surface area (Å²) in [6.45, 7) is 5.53. The Kier molecular flexibility index (Phi) is 8.18. The molecule has 1 aromatic carbocycles. The van der Waals surface area contributed by atoms with Gasteiger partial charge in [-0.2, -0.15) is 0 Å². The third-order valence-corrected chi connectivity index (χ3v) is 5.90. The average molecular weight is 375 g/mol. The van der Waals surface area contributed by atoms with Gasteiger partial charge in [-0.05, 0) is 36.7 Å². The summed E-state index contributed by atoms with van der Waals surface area (Å²) in [6.07, 6.45) is 2.85. The van der Waals surface area contributed by atoms with Gasteiger partial charge in [0.1, 0.15) is 12.2 Å². The van der Waals surface area contributed by atoms with Crippen LogP contribution in [0.4, 0.5) is 0 Å². The summed E-state index contributed by atoms with van der Waals surface area (Å²) in [4.78, 5) is 24.7. The highest BCUT2D eigenvalue weighted by atomic mass is 16.3. The molecule has 1 fully saturated rings. The van der Waals surface area contributed by atoms with Crippen LogP contribution in [0.15, 0.2) is 30.3 Å². The van der Waals surface area contributed by atoms with E-state index in [1.54, 1.807) is 0 Å². The minimum Gasteiger partial charge on any atom is -0.385 e. The van der Waals surface area contributed by atoms with Crippen molar-refractivity contribution in [2.24, 2.45) is 23.7 Å². The Balaban J connectivity index is 1.87. The maximum atomic E-state index is 12.6. The number of rotatable bonds is 9. The van der Waals surface area contributed by atoms with Gasteiger partial charge in [0, 0.05) is 18.3 Å². The minimum atomic E-state index is -0.977. The molecule has 0 saturated heterocycles. The van der Waals surface area contributed by atoms with E-state index in [4.69, 9.17) is 0 Å². The molecular formula is C23H34O4. The minimum absolute atomic E-state index is 0.00445. The molecule has 27 heavy (non-hydrogen) atoms. The number of carbonyl (C=O) groups is 2. The van der Waals surface area contributed by atoms with E-state index in [-0.39, 0.29) is 29.3 Å². The Morgan fingerprint density at radius 3 is 2.33 bits per heavy atom. The van der Waals surface area contributed by atoms with Gasteiger partial charge in [-0.3, -0.25) is 9.59 Å². The van der Waals surface area contributed by atoms with E-state index in [2.05, 4.69) is 0 Å². The van der Waals surface area contributed by atoms with E-state index < -0.39 is 12.2 Å². The summed E-state index contributed by atoms with van der Waals surface area (Å²) in [7, 11) is 0. The second kappa shape index (κ2) is 10.1. The fourth-order valence-electron chi connectivity index (χ4n) is 4.29. The highest BCUT2D eigenvalue weighted by Gasteiger charge is 2.34. The largest absolute Gasteiger partial charge is 0.385 e. The predicted octanol–water partition coefficient (Wildman–Crippen LogP) is 3.58. The average Bonchev–Trinajstić information content (AvgIpc) is 2.67. The molecule has 0 aliphatic heterocycles. The van der Waals surface area contributed by atoms with Crippen molar-refractivity contribution in [1.82, 2.24) is 0 Å². The topological polar surface area (TPSA) is 74.6 Å². The third kappa shape index (κ3) is 6.25. The number of benzene rings is 1. The maximum absolute atomic E-state index is 12.6. The normalized spacial score (nSPS) is 23.6. The van der Waals surface area contributed by atoms with Gasteiger partial charge in [0.25, 0.3) is 0 Å². The van der Waals surface area contributed by atoms with Crippen molar-refractivity contribution < 1.29 is 19.8 Å². The van der Waals surface area contributed by atoms with Gasteiger partial charge in [0.2, 0.25) is 0 Å². The lowest BCUT2D eigenvalue weighted by Crippen LogP contribution is -2.36. The van der Waals surface area contributed by atoms with Crippen LogP contribution in [0.25, 0.3) is 0 Å². The van der Waals surface area contributed by atoms with Crippen molar-refractivity contribution in [3.05, 3.63) is 35.9 Å². The van der Waals surface area contributed by atoms with Crippen molar-refractivity contribution >= 4 is 11.6 Å². The molecule has 5 atom stereocenters. The zero-order valence-electron chi connectivity index (χ0n) is 16.8. The summed E-state index contributed by atoms with van der Waals surface area (Å²) in [5, 5.41) is 20.7. The second-order valence-electron chi connectivity index (χ2n) is 8.54. The first-order valence-corrected chi connectivity index (χ1v) is 10.3. The van der Waals surface area contributed by atoms with Crippen LogP contribution in [0.5, 0.6) is 0 Å². The molecule has 1 saturated carbocycles. The molecule has 5 unspecified atom stereocenters. The smallest absolute Gasteiger partial charge is 0.164 e. The zero-order chi connectivity index (χ0) is 20.0. The summed E-state index contributed by atoms with van der Waals surface area (Å²) < 4.78 is 0. The lowest BCUT2D eigenvalue weighted by Gasteiger charge is -2.33. The van der Waals surface area contributed by atoms with Crippen molar-refractivity contribution in [1.29, 1.82) is 0 Å². The number of hydrogen-bond donors (Lipinski definition) is 2. The molecule has 1 aliphatic rings. The summed E-state index contributed by atoms with van der Waals surface area (Å²) in [5.41, 5.74) is 0.957. The highest BCUT2D eigenvalue weighted by molar-refractivity contribution is 5.85. The number of aliphatic hydroxyl groups excluding tert-OH is 2. The summed E-state index contributed by atoms with van der Waals surface area (Å²) in [5.74, 6) is -0.251. The lowest BCUT2D eigenvalue weighted by atomic mass is 9.73. The van der Waals surface area contributed by atoms with Crippen LogP contribution < -0.4 is 0 Å². The quantitative estimate of drug-likeness (QED) is 0.693. The molecule has 2 rings (SSSR count). The Hall–Kier alpha value is -1.52. The number of carbonyl (C=O) groups excluding carboxylic acids is 2. The first-order valence-electron chi connectivity index (χ1n) is 10.3. The van der Waals surface area contributed by atoms with E-state index in [1.807, 2.05) is 51.1 Å². The van der Waals surface area contributed by atoms with Gasteiger partial charge in [-0.1, -0.05) is 63.9 Å². The van der Waals surface area contributed by atoms with Crippen molar-refractivity contribution in [3.8, 4) is 0 Å². The first-order chi connectivity index (χ1) is 12.8. The van der Waals surface area contributed by atoms with E-state index in [0.29, 0.717) is 18.8 Å². The van der Waals surface area contributed by atoms with Crippen LogP contribution in [0.2, 0.25) is 0 Å². The Bertz CT molecular complexity index is 610. The number of aliphatic hydroxyl groups is 2. The number of ketones is 2. The first kappa shape index (κ1) is 21.8. The third-order valence-electron chi connectivity index (χ3n) is 5.90. The molecule has 0 spiro atoms. The van der Waals surface area contributed by atoms with E-state index >= 15 is 0 Å². The molecule has 0 aromatic heterocycles. The summed E-state index contributed by atoms with van der Waals surface area (Å²) >= 11 is 0. The molecule has 4 heteroatoms. The number of Topliss-reactive ketones (excluding diaryl/α,β-unsaturated/α-hetero) is 2. The maximum Gasteiger partial charge on any atom is 0.164 e. The predicted molar refractivity (Wildman–Crippen MR) is 106 cm³/mol. The van der Waals surface area contributed by atoms with Crippen LogP contribution >= 0.6 is 0 Å². The molecule has 0 amide bonds. The molecule has 0 heterocycles. The van der Waals surface area contributed by atoms with Gasteiger partial charge in [0.05, 0.1) is 0 Å². The van der Waals surface area contributed by atoms with Gasteiger partial charge in [0.15, 0.2) is 11.6 Å². The van der Waals surface area contributed by atoms with E-state index in [0.717, 1.165) is 31.2 Å². The van der Waals surface area contributed by atoms with Crippen LogP contribution in [-0.4, -0.2) is 34.0 Å². The molecule has 4 nitrogen and oxygen atoms in total. The molecule has 150 valence electrons. The number of hydrogen-bond acceptors (Lipinski definition) is 4. The van der Waals surface area contributed by atoms with Crippen LogP contribution in [0.3, 0.4) is 0 Å². The van der Waals surface area contributed by atoms with Crippen molar-refractivity contribution in [2.75, 3.05) is 0 Å². The van der Waals surface area contributed by atoms with Gasteiger partial charge in [-0.25, -0.2) is 0 Å². The second-order valence-corrected chi connectivity index (χ2v) is 8.54. The van der Waals surface area contributed by atoms with Gasteiger partial charge < -0.3 is 10.2 Å². The van der Waals surface area contributed by atoms with Crippen LogP contribution in [0, 0.1) is 23.7 Å². The zero-order valence-corrected chi connectivity index (χ0v) is 16.8. The van der Waals surface area contributed by atoms with E-state index in [1.165, 1.54) is 0 Å².